The molecule has 0 amide bonds. The molecule has 0 saturated carbocycles. The average Bonchev–Trinajstić information content (AvgIpc) is 2.42. The van der Waals surface area contributed by atoms with Gasteiger partial charge in [-0.15, -0.1) is 0 Å². The highest BCUT2D eigenvalue weighted by atomic mass is 35.5. The van der Waals surface area contributed by atoms with Crippen molar-refractivity contribution in [2.45, 2.75) is 6.54 Å². The molecule has 2 aromatic rings. The Labute approximate surface area is 118 Å². The maximum Gasteiger partial charge on any atom is 0.272 e. The minimum absolute atomic E-state index is 0.154. The highest BCUT2D eigenvalue weighted by molar-refractivity contribution is 6.32. The third-order valence-corrected chi connectivity index (χ3v) is 2.90. The van der Waals surface area contributed by atoms with Gasteiger partial charge in [-0.25, -0.2) is 4.39 Å². The van der Waals surface area contributed by atoms with Crippen LogP contribution in [0.15, 0.2) is 36.4 Å². The van der Waals surface area contributed by atoms with Crippen molar-refractivity contribution in [1.82, 2.24) is 0 Å². The summed E-state index contributed by atoms with van der Waals surface area (Å²) < 4.78 is 19.1. The molecule has 0 saturated heterocycles. The quantitative estimate of drug-likeness (QED) is 0.690. The van der Waals surface area contributed by atoms with Crippen LogP contribution in [-0.4, -0.2) is 4.92 Å². The minimum atomic E-state index is -0.845. The van der Waals surface area contributed by atoms with Crippen LogP contribution in [0.5, 0.6) is 11.5 Å². The fraction of sp³-hybridized carbons (Fsp3) is 0.0769. The van der Waals surface area contributed by atoms with Gasteiger partial charge in [-0.2, -0.15) is 0 Å². The molecule has 0 heterocycles. The fourth-order valence-corrected chi connectivity index (χ4v) is 1.86. The molecule has 0 aromatic heterocycles. The van der Waals surface area contributed by atoms with Crippen molar-refractivity contribution in [1.29, 1.82) is 0 Å². The number of non-ortho nitro benzene ring substituents is 1. The van der Waals surface area contributed by atoms with E-state index in [1.807, 2.05) is 0 Å². The summed E-state index contributed by atoms with van der Waals surface area (Å²) in [5.41, 5.74) is 5.81. The van der Waals surface area contributed by atoms with Crippen molar-refractivity contribution in [3.05, 3.63) is 62.9 Å². The van der Waals surface area contributed by atoms with E-state index in [2.05, 4.69) is 0 Å². The average molecular weight is 297 g/mol. The summed E-state index contributed by atoms with van der Waals surface area (Å²) in [6, 6.07) is 8.09. The van der Waals surface area contributed by atoms with Crippen LogP contribution in [0.2, 0.25) is 5.02 Å². The van der Waals surface area contributed by atoms with E-state index < -0.39 is 10.7 Å². The molecule has 5 nitrogen and oxygen atoms in total. The van der Waals surface area contributed by atoms with Crippen LogP contribution in [0.4, 0.5) is 10.1 Å². The molecule has 0 aliphatic rings. The van der Waals surface area contributed by atoms with E-state index >= 15 is 0 Å². The van der Waals surface area contributed by atoms with Crippen LogP contribution < -0.4 is 10.5 Å². The van der Waals surface area contributed by atoms with Crippen molar-refractivity contribution in [2.75, 3.05) is 0 Å². The Morgan fingerprint density at radius 1 is 1.35 bits per heavy atom. The first-order valence-corrected chi connectivity index (χ1v) is 6.00. The van der Waals surface area contributed by atoms with Gasteiger partial charge < -0.3 is 10.5 Å². The zero-order valence-electron chi connectivity index (χ0n) is 10.2. The van der Waals surface area contributed by atoms with Gasteiger partial charge in [-0.3, -0.25) is 10.1 Å². The number of hydrogen-bond acceptors (Lipinski definition) is 4. The smallest absolute Gasteiger partial charge is 0.272 e. The molecule has 0 fully saturated rings. The molecular formula is C13H10ClFN2O3. The Kier molecular flexibility index (Phi) is 4.16. The van der Waals surface area contributed by atoms with E-state index in [4.69, 9.17) is 22.1 Å². The number of rotatable bonds is 4. The number of hydrogen-bond donors (Lipinski definition) is 1. The molecule has 104 valence electrons. The number of para-hydroxylation sites is 1. The van der Waals surface area contributed by atoms with Crippen molar-refractivity contribution >= 4 is 17.3 Å². The van der Waals surface area contributed by atoms with Gasteiger partial charge in [0.25, 0.3) is 5.69 Å². The van der Waals surface area contributed by atoms with Crippen LogP contribution in [0.3, 0.4) is 0 Å². The van der Waals surface area contributed by atoms with E-state index in [0.29, 0.717) is 5.56 Å². The van der Waals surface area contributed by atoms with Crippen molar-refractivity contribution in [3.8, 4) is 11.5 Å². The van der Waals surface area contributed by atoms with Gasteiger partial charge in [0.2, 0.25) is 0 Å². The lowest BCUT2D eigenvalue weighted by Crippen LogP contribution is -2.00. The Bertz CT molecular complexity index is 664. The van der Waals surface area contributed by atoms with Gasteiger partial charge in [0, 0.05) is 18.2 Å². The third kappa shape index (κ3) is 2.87. The molecule has 0 atom stereocenters. The number of nitro benzene ring substituents is 1. The zero-order valence-corrected chi connectivity index (χ0v) is 10.9. The molecule has 0 aliphatic carbocycles. The van der Waals surface area contributed by atoms with Crippen LogP contribution >= 0.6 is 11.6 Å². The molecule has 2 rings (SSSR count). The lowest BCUT2D eigenvalue weighted by atomic mass is 10.2. The standard InChI is InChI=1S/C13H10ClFN2O3/c14-10-3-1-2-8(7-16)13(10)20-12-5-4-9(17(18)19)6-11(12)15/h1-6H,7,16H2. The van der Waals surface area contributed by atoms with Crippen molar-refractivity contribution in [3.63, 3.8) is 0 Å². The molecular weight excluding hydrogens is 287 g/mol. The number of nitrogens with two attached hydrogens (primary N) is 1. The van der Waals surface area contributed by atoms with E-state index in [0.717, 1.165) is 12.1 Å². The Hall–Kier alpha value is -2.18. The minimum Gasteiger partial charge on any atom is -0.452 e. The van der Waals surface area contributed by atoms with Gasteiger partial charge in [-0.05, 0) is 12.1 Å². The van der Waals surface area contributed by atoms with Gasteiger partial charge >= 0.3 is 0 Å². The molecule has 0 aliphatic heterocycles. The predicted octanol–water partition coefficient (Wildman–Crippen LogP) is 3.64. The summed E-state index contributed by atoms with van der Waals surface area (Å²) in [7, 11) is 0. The topological polar surface area (TPSA) is 78.4 Å². The second kappa shape index (κ2) is 5.85. The van der Waals surface area contributed by atoms with Crippen molar-refractivity contribution < 1.29 is 14.1 Å². The molecule has 0 bridgehead atoms. The summed E-state index contributed by atoms with van der Waals surface area (Å²) in [5, 5.41) is 10.8. The van der Waals surface area contributed by atoms with Crippen LogP contribution in [-0.2, 0) is 6.54 Å². The van der Waals surface area contributed by atoms with E-state index in [9.17, 15) is 14.5 Å². The Morgan fingerprint density at radius 3 is 2.70 bits per heavy atom. The highest BCUT2D eigenvalue weighted by Gasteiger charge is 2.15. The highest BCUT2D eigenvalue weighted by Crippen LogP contribution is 2.34. The monoisotopic (exact) mass is 296 g/mol. The maximum absolute atomic E-state index is 13.8. The van der Waals surface area contributed by atoms with Crippen LogP contribution in [0.25, 0.3) is 0 Å². The molecule has 0 radical (unpaired) electrons. The van der Waals surface area contributed by atoms with Crippen molar-refractivity contribution in [2.24, 2.45) is 5.73 Å². The molecule has 7 heteroatoms. The summed E-state index contributed by atoms with van der Waals surface area (Å²) in [4.78, 5) is 9.85. The fourth-order valence-electron chi connectivity index (χ4n) is 1.62. The van der Waals surface area contributed by atoms with E-state index in [1.54, 1.807) is 18.2 Å². The molecule has 2 N–H and O–H groups in total. The Balaban J connectivity index is 2.38. The van der Waals surface area contributed by atoms with E-state index in [1.165, 1.54) is 6.07 Å². The second-order valence-electron chi connectivity index (χ2n) is 3.91. The summed E-state index contributed by atoms with van der Waals surface area (Å²) in [6.45, 7) is 0.171. The second-order valence-corrected chi connectivity index (χ2v) is 4.31. The SMILES string of the molecule is NCc1cccc(Cl)c1Oc1ccc([N+](=O)[O-])cc1F. The number of nitrogens with zero attached hydrogens (tertiary/aromatic N) is 1. The number of halogens is 2. The molecule has 0 unspecified atom stereocenters. The molecule has 20 heavy (non-hydrogen) atoms. The predicted molar refractivity (Wildman–Crippen MR) is 72.5 cm³/mol. The third-order valence-electron chi connectivity index (χ3n) is 2.61. The molecule has 0 spiro atoms. The normalized spacial score (nSPS) is 10.3. The summed E-state index contributed by atoms with van der Waals surface area (Å²) >= 11 is 5.98. The van der Waals surface area contributed by atoms with Gasteiger partial charge in [0.05, 0.1) is 16.0 Å². The largest absolute Gasteiger partial charge is 0.452 e. The van der Waals surface area contributed by atoms with Crippen LogP contribution in [0.1, 0.15) is 5.56 Å². The first-order chi connectivity index (χ1) is 9.52. The Morgan fingerprint density at radius 2 is 2.10 bits per heavy atom. The first-order valence-electron chi connectivity index (χ1n) is 5.62. The number of ether oxygens (including phenoxy) is 1. The maximum atomic E-state index is 13.8. The van der Waals surface area contributed by atoms with Gasteiger partial charge in [0.15, 0.2) is 17.3 Å². The number of nitro groups is 1. The summed E-state index contributed by atoms with van der Waals surface area (Å²) in [5.74, 6) is -0.759. The molecule has 2 aromatic carbocycles. The van der Waals surface area contributed by atoms with Gasteiger partial charge in [0.1, 0.15) is 0 Å². The summed E-state index contributed by atoms with van der Waals surface area (Å²) in [6.07, 6.45) is 0. The van der Waals surface area contributed by atoms with Crippen LogP contribution in [0, 0.1) is 15.9 Å². The number of benzene rings is 2. The lowest BCUT2D eigenvalue weighted by molar-refractivity contribution is -0.385. The first kappa shape index (κ1) is 14.2. The van der Waals surface area contributed by atoms with Gasteiger partial charge in [-0.1, -0.05) is 23.7 Å². The van der Waals surface area contributed by atoms with E-state index in [-0.39, 0.29) is 28.8 Å². The zero-order chi connectivity index (χ0) is 14.7. The lowest BCUT2D eigenvalue weighted by Gasteiger charge is -2.12.